The topological polar surface area (TPSA) is 67.6 Å². The number of aliphatic hydroxyl groups is 1. The summed E-state index contributed by atoms with van der Waals surface area (Å²) in [6.45, 7) is 4.18. The third kappa shape index (κ3) is 5.93. The van der Waals surface area contributed by atoms with Crippen molar-refractivity contribution in [3.05, 3.63) is 131 Å². The van der Waals surface area contributed by atoms with Crippen LogP contribution in [0.1, 0.15) is 48.6 Å². The lowest BCUT2D eigenvalue weighted by molar-refractivity contribution is -0.143. The van der Waals surface area contributed by atoms with Crippen LogP contribution in [0.5, 0.6) is 0 Å². The first-order chi connectivity index (χ1) is 19.6. The number of benzene rings is 3. The minimum atomic E-state index is -0.537. The second-order valence-corrected chi connectivity index (χ2v) is 10.2. The Morgan fingerprint density at radius 1 is 0.950 bits per heavy atom. The summed E-state index contributed by atoms with van der Waals surface area (Å²) >= 11 is 0. The molecule has 5 rings (SSSR count). The number of nitrogens with zero attached hydrogens (tertiary/aromatic N) is 3. The zero-order valence-corrected chi connectivity index (χ0v) is 23.0. The van der Waals surface area contributed by atoms with Crippen LogP contribution in [-0.4, -0.2) is 51.6 Å². The second-order valence-electron chi connectivity index (χ2n) is 10.2. The highest BCUT2D eigenvalue weighted by Crippen LogP contribution is 2.44. The SMILES string of the molecule is CCOC(=O)CCCn1ccc(C=C2CN(C(c3ccccc3)(c3ccccc3)c3ccccc3)CCC2O)n1. The lowest BCUT2D eigenvalue weighted by Gasteiger charge is -2.48. The van der Waals surface area contributed by atoms with Gasteiger partial charge in [0, 0.05) is 32.3 Å². The van der Waals surface area contributed by atoms with Crippen LogP contribution in [0.3, 0.4) is 0 Å². The van der Waals surface area contributed by atoms with Gasteiger partial charge in [-0.15, -0.1) is 0 Å². The Hall–Kier alpha value is -4.00. The summed E-state index contributed by atoms with van der Waals surface area (Å²) in [5.74, 6) is -0.179. The summed E-state index contributed by atoms with van der Waals surface area (Å²) in [4.78, 5) is 14.2. The van der Waals surface area contributed by atoms with Gasteiger partial charge < -0.3 is 9.84 Å². The van der Waals surface area contributed by atoms with E-state index >= 15 is 0 Å². The molecule has 1 N–H and O–H groups in total. The van der Waals surface area contributed by atoms with Crippen molar-refractivity contribution >= 4 is 12.0 Å². The van der Waals surface area contributed by atoms with Crippen LogP contribution in [-0.2, 0) is 21.6 Å². The highest BCUT2D eigenvalue weighted by atomic mass is 16.5. The average molecular weight is 536 g/mol. The molecule has 1 saturated heterocycles. The number of hydrogen-bond acceptors (Lipinski definition) is 5. The lowest BCUT2D eigenvalue weighted by atomic mass is 9.74. The van der Waals surface area contributed by atoms with Crippen molar-refractivity contribution in [2.75, 3.05) is 19.7 Å². The first kappa shape index (κ1) is 27.6. The molecule has 6 nitrogen and oxygen atoms in total. The Kier molecular flexibility index (Phi) is 8.89. The summed E-state index contributed by atoms with van der Waals surface area (Å²) in [7, 11) is 0. The molecular weight excluding hydrogens is 498 g/mol. The van der Waals surface area contributed by atoms with Gasteiger partial charge in [-0.25, -0.2) is 0 Å². The summed E-state index contributed by atoms with van der Waals surface area (Å²) in [6.07, 6.45) is 5.07. The number of hydrogen-bond donors (Lipinski definition) is 1. The monoisotopic (exact) mass is 535 g/mol. The molecule has 1 fully saturated rings. The van der Waals surface area contributed by atoms with Gasteiger partial charge in [-0.05, 0) is 54.2 Å². The zero-order chi connectivity index (χ0) is 27.8. The molecule has 4 aromatic rings. The standard InChI is InChI=1S/C34H37N3O3/c1-2-40-33(39)19-12-22-37-24-20-31(35-37)25-27-26-36(23-21-32(27)38)34(28-13-6-3-7-14-28,29-15-8-4-9-16-29)30-17-10-5-11-18-30/h3-11,13-18,20,24-25,32,38H,2,12,19,21-23,26H2,1H3. The minimum Gasteiger partial charge on any atom is -0.466 e. The molecule has 1 aliphatic rings. The number of carbonyl (C=O) groups excluding carboxylic acids is 1. The molecular formula is C34H37N3O3. The summed E-state index contributed by atoms with van der Waals surface area (Å²) in [6, 6.07) is 33.9. The number of aromatic nitrogens is 2. The zero-order valence-electron chi connectivity index (χ0n) is 23.0. The summed E-state index contributed by atoms with van der Waals surface area (Å²) in [5.41, 5.74) is 4.78. The number of ether oxygens (including phenoxy) is 1. The third-order valence-corrected chi connectivity index (χ3v) is 7.59. The molecule has 0 aliphatic carbocycles. The van der Waals surface area contributed by atoms with E-state index in [4.69, 9.17) is 9.84 Å². The summed E-state index contributed by atoms with van der Waals surface area (Å²) < 4.78 is 6.87. The fourth-order valence-electron chi connectivity index (χ4n) is 5.77. The number of piperidine rings is 1. The van der Waals surface area contributed by atoms with E-state index in [0.717, 1.165) is 17.8 Å². The van der Waals surface area contributed by atoms with Gasteiger partial charge in [-0.1, -0.05) is 91.0 Å². The molecule has 1 aliphatic heterocycles. The molecule has 0 amide bonds. The Balaban J connectivity index is 1.48. The highest BCUT2D eigenvalue weighted by molar-refractivity contribution is 5.69. The van der Waals surface area contributed by atoms with Crippen molar-refractivity contribution in [1.29, 1.82) is 0 Å². The van der Waals surface area contributed by atoms with Crippen LogP contribution in [0.4, 0.5) is 0 Å². The van der Waals surface area contributed by atoms with E-state index in [-0.39, 0.29) is 5.97 Å². The van der Waals surface area contributed by atoms with E-state index in [1.165, 1.54) is 16.7 Å². The molecule has 206 valence electrons. The highest BCUT2D eigenvalue weighted by Gasteiger charge is 2.44. The molecule has 0 bridgehead atoms. The van der Waals surface area contributed by atoms with E-state index in [1.54, 1.807) is 0 Å². The van der Waals surface area contributed by atoms with Crippen molar-refractivity contribution in [2.45, 2.75) is 44.4 Å². The van der Waals surface area contributed by atoms with Crippen LogP contribution in [0.15, 0.2) is 109 Å². The van der Waals surface area contributed by atoms with E-state index < -0.39 is 11.6 Å². The predicted molar refractivity (Wildman–Crippen MR) is 157 cm³/mol. The maximum absolute atomic E-state index is 11.7. The second kappa shape index (κ2) is 12.9. The van der Waals surface area contributed by atoms with Crippen LogP contribution in [0.25, 0.3) is 6.08 Å². The molecule has 0 radical (unpaired) electrons. The van der Waals surface area contributed by atoms with Gasteiger partial charge in [0.2, 0.25) is 0 Å². The largest absolute Gasteiger partial charge is 0.466 e. The van der Waals surface area contributed by atoms with Crippen molar-refractivity contribution < 1.29 is 14.6 Å². The maximum Gasteiger partial charge on any atom is 0.305 e. The van der Waals surface area contributed by atoms with Crippen LogP contribution < -0.4 is 0 Å². The quantitative estimate of drug-likeness (QED) is 0.209. The van der Waals surface area contributed by atoms with Crippen molar-refractivity contribution in [3.63, 3.8) is 0 Å². The number of esters is 1. The summed E-state index contributed by atoms with van der Waals surface area (Å²) in [5, 5.41) is 15.8. The Labute approximate surface area is 236 Å². The average Bonchev–Trinajstić information content (AvgIpc) is 3.44. The number of likely N-dealkylation sites (tertiary alicyclic amines) is 1. The van der Waals surface area contributed by atoms with Gasteiger partial charge in [0.25, 0.3) is 0 Å². The molecule has 0 saturated carbocycles. The number of aryl methyl sites for hydroxylation is 1. The number of aliphatic hydroxyl groups excluding tert-OH is 1. The van der Waals surface area contributed by atoms with Gasteiger partial charge in [-0.3, -0.25) is 14.4 Å². The van der Waals surface area contributed by atoms with Gasteiger partial charge in [-0.2, -0.15) is 5.10 Å². The smallest absolute Gasteiger partial charge is 0.305 e. The van der Waals surface area contributed by atoms with Gasteiger partial charge in [0.15, 0.2) is 0 Å². The van der Waals surface area contributed by atoms with E-state index in [9.17, 15) is 9.90 Å². The molecule has 40 heavy (non-hydrogen) atoms. The van der Waals surface area contributed by atoms with E-state index in [2.05, 4.69) is 95.9 Å². The van der Waals surface area contributed by atoms with Crippen LogP contribution in [0.2, 0.25) is 0 Å². The maximum atomic E-state index is 11.7. The van der Waals surface area contributed by atoms with Crippen molar-refractivity contribution in [2.24, 2.45) is 0 Å². The van der Waals surface area contributed by atoms with Gasteiger partial charge in [0.05, 0.1) is 23.9 Å². The molecule has 3 aromatic carbocycles. The molecule has 6 heteroatoms. The molecule has 1 aromatic heterocycles. The first-order valence-corrected chi connectivity index (χ1v) is 14.1. The molecule has 1 unspecified atom stereocenters. The van der Waals surface area contributed by atoms with Gasteiger partial charge in [0.1, 0.15) is 0 Å². The van der Waals surface area contributed by atoms with Crippen molar-refractivity contribution in [1.82, 2.24) is 14.7 Å². The van der Waals surface area contributed by atoms with Crippen LogP contribution in [0, 0.1) is 0 Å². The predicted octanol–water partition coefficient (Wildman–Crippen LogP) is 5.67. The Morgan fingerprint density at radius 2 is 1.52 bits per heavy atom. The first-order valence-electron chi connectivity index (χ1n) is 14.1. The minimum absolute atomic E-state index is 0.179. The molecule has 2 heterocycles. The van der Waals surface area contributed by atoms with Gasteiger partial charge >= 0.3 is 5.97 Å². The van der Waals surface area contributed by atoms with E-state index in [0.29, 0.717) is 39.0 Å². The third-order valence-electron chi connectivity index (χ3n) is 7.59. The van der Waals surface area contributed by atoms with Crippen molar-refractivity contribution in [3.8, 4) is 0 Å². The Morgan fingerprint density at radius 3 is 2.08 bits per heavy atom. The molecule has 0 spiro atoms. The number of rotatable bonds is 10. The van der Waals surface area contributed by atoms with E-state index in [1.807, 2.05) is 29.9 Å². The molecule has 1 atom stereocenters. The fourth-order valence-corrected chi connectivity index (χ4v) is 5.77. The normalized spacial score (nSPS) is 17.1. The number of carbonyl (C=O) groups is 1. The van der Waals surface area contributed by atoms with Crippen LogP contribution >= 0.6 is 0 Å². The Bertz CT molecular complexity index is 1300. The lowest BCUT2D eigenvalue weighted by Crippen LogP contribution is -2.52. The fraction of sp³-hybridized carbons (Fsp3) is 0.294.